The Morgan fingerprint density at radius 1 is 0.941 bits per heavy atom. The highest BCUT2D eigenvalue weighted by molar-refractivity contribution is 8.14. The quantitative estimate of drug-likeness (QED) is 0.366. The fourth-order valence-electron chi connectivity index (χ4n) is 4.04. The van der Waals surface area contributed by atoms with Crippen LogP contribution in [0.5, 0.6) is 0 Å². The van der Waals surface area contributed by atoms with Crippen LogP contribution in [0.2, 0.25) is 0 Å². The van der Waals surface area contributed by atoms with Crippen LogP contribution in [0.15, 0.2) is 89.9 Å². The van der Waals surface area contributed by atoms with E-state index in [4.69, 9.17) is 5.73 Å². The first kappa shape index (κ1) is 21.9. The van der Waals surface area contributed by atoms with Gasteiger partial charge in [0.25, 0.3) is 5.91 Å². The zero-order valence-electron chi connectivity index (χ0n) is 18.8. The van der Waals surface area contributed by atoms with E-state index in [0.29, 0.717) is 11.0 Å². The smallest absolute Gasteiger partial charge is 0.253 e. The van der Waals surface area contributed by atoms with Crippen molar-refractivity contribution in [3.63, 3.8) is 0 Å². The van der Waals surface area contributed by atoms with Crippen molar-refractivity contribution >= 4 is 40.8 Å². The summed E-state index contributed by atoms with van der Waals surface area (Å²) in [5, 5.41) is 4.92. The Balaban J connectivity index is 1.42. The summed E-state index contributed by atoms with van der Waals surface area (Å²) in [6.07, 6.45) is 4.45. The van der Waals surface area contributed by atoms with E-state index in [1.165, 1.54) is 16.4 Å². The van der Waals surface area contributed by atoms with Crippen molar-refractivity contribution in [2.75, 3.05) is 0 Å². The second-order valence-corrected chi connectivity index (χ2v) is 9.27. The Hall–Kier alpha value is -3.90. The number of aromatic nitrogens is 2. The number of nitrogens with zero attached hydrogens (tertiary/aromatic N) is 3. The summed E-state index contributed by atoms with van der Waals surface area (Å²) in [7, 11) is 0. The van der Waals surface area contributed by atoms with Crippen LogP contribution in [0, 0.1) is 6.92 Å². The molecule has 0 bridgehead atoms. The van der Waals surface area contributed by atoms with Gasteiger partial charge in [-0.25, -0.2) is 4.99 Å². The first-order valence-corrected chi connectivity index (χ1v) is 12.0. The van der Waals surface area contributed by atoms with Crippen molar-refractivity contribution < 1.29 is 4.79 Å². The van der Waals surface area contributed by atoms with Crippen LogP contribution < -0.4 is 5.73 Å². The van der Waals surface area contributed by atoms with E-state index in [1.54, 1.807) is 0 Å². The summed E-state index contributed by atoms with van der Waals surface area (Å²) in [5.74, 6) is 0.409. The second kappa shape index (κ2) is 9.53. The molecule has 4 aromatic rings. The minimum Gasteiger partial charge on any atom is -0.378 e. The number of carbonyl (C=O) groups excluding carboxylic acids is 1. The minimum absolute atomic E-state index is 0.0714. The first-order valence-electron chi connectivity index (χ1n) is 11.1. The van der Waals surface area contributed by atoms with Crippen molar-refractivity contribution in [2.45, 2.75) is 18.6 Å². The number of aliphatic imine (C=N–C) groups is 1. The van der Waals surface area contributed by atoms with Gasteiger partial charge in [0.15, 0.2) is 11.0 Å². The number of carbonyl (C=O) groups is 1. The molecule has 0 aliphatic carbocycles. The molecule has 34 heavy (non-hydrogen) atoms. The first-order chi connectivity index (χ1) is 16.6. The van der Waals surface area contributed by atoms with Crippen molar-refractivity contribution in [1.29, 1.82) is 0 Å². The lowest BCUT2D eigenvalue weighted by Gasteiger charge is -2.21. The molecular weight excluding hydrogens is 440 g/mol. The predicted octanol–water partition coefficient (Wildman–Crippen LogP) is 6.03. The van der Waals surface area contributed by atoms with Gasteiger partial charge in [-0.3, -0.25) is 4.79 Å². The zero-order chi connectivity index (χ0) is 23.5. The average molecular weight is 465 g/mol. The van der Waals surface area contributed by atoms with Gasteiger partial charge in [0.05, 0.1) is 17.4 Å². The molecule has 1 aliphatic heterocycles. The number of hydrogen-bond donors (Lipinski definition) is 1. The molecule has 1 atom stereocenters. The lowest BCUT2D eigenvalue weighted by Crippen LogP contribution is -2.18. The SMILES string of the molecule is Cc1nn(C(=O)Cc2ccccc2)c2c1[C@@H](c1ccc(/C=C\c3ccccc3)cc1)SC(N)=N2. The molecule has 6 heteroatoms. The molecule has 5 nitrogen and oxygen atoms in total. The fourth-order valence-corrected chi connectivity index (χ4v) is 5.11. The summed E-state index contributed by atoms with van der Waals surface area (Å²) >= 11 is 1.49. The van der Waals surface area contributed by atoms with Crippen molar-refractivity contribution in [3.8, 4) is 0 Å². The van der Waals surface area contributed by atoms with Gasteiger partial charge < -0.3 is 5.73 Å². The number of benzene rings is 3. The van der Waals surface area contributed by atoms with Gasteiger partial charge in [0, 0.05) is 5.56 Å². The Morgan fingerprint density at radius 3 is 2.24 bits per heavy atom. The van der Waals surface area contributed by atoms with E-state index in [1.807, 2.05) is 55.5 Å². The van der Waals surface area contributed by atoms with Crippen molar-refractivity contribution in [1.82, 2.24) is 9.78 Å². The van der Waals surface area contributed by atoms with Crippen LogP contribution in [-0.2, 0) is 6.42 Å². The van der Waals surface area contributed by atoms with Gasteiger partial charge in [0.1, 0.15) is 0 Å². The summed E-state index contributed by atoms with van der Waals surface area (Å²) in [5.41, 5.74) is 12.2. The Bertz CT molecular complexity index is 1370. The van der Waals surface area contributed by atoms with Gasteiger partial charge in [0.2, 0.25) is 0 Å². The van der Waals surface area contributed by atoms with E-state index in [0.717, 1.165) is 33.5 Å². The summed E-state index contributed by atoms with van der Waals surface area (Å²) in [6, 6.07) is 28.3. The largest absolute Gasteiger partial charge is 0.378 e. The normalized spacial score (nSPS) is 15.2. The molecular formula is C28H24N4OS. The van der Waals surface area contributed by atoms with E-state index in [-0.39, 0.29) is 17.6 Å². The van der Waals surface area contributed by atoms with E-state index < -0.39 is 0 Å². The molecule has 0 spiro atoms. The molecule has 0 saturated carbocycles. The monoisotopic (exact) mass is 464 g/mol. The topological polar surface area (TPSA) is 73.3 Å². The summed E-state index contributed by atoms with van der Waals surface area (Å²) < 4.78 is 1.41. The molecule has 1 aliphatic rings. The highest BCUT2D eigenvalue weighted by Gasteiger charge is 2.31. The predicted molar refractivity (Wildman–Crippen MR) is 140 cm³/mol. The van der Waals surface area contributed by atoms with Crippen LogP contribution in [0.4, 0.5) is 5.82 Å². The van der Waals surface area contributed by atoms with Crippen LogP contribution in [-0.4, -0.2) is 20.9 Å². The molecule has 2 heterocycles. The number of rotatable bonds is 5. The van der Waals surface area contributed by atoms with Crippen molar-refractivity contribution in [3.05, 3.63) is 118 Å². The number of hydrogen-bond acceptors (Lipinski definition) is 5. The Kier molecular flexibility index (Phi) is 6.14. The molecule has 0 unspecified atom stereocenters. The van der Waals surface area contributed by atoms with Gasteiger partial charge in [-0.15, -0.1) is 0 Å². The molecule has 3 aromatic carbocycles. The molecule has 0 amide bonds. The third-order valence-electron chi connectivity index (χ3n) is 5.74. The number of fused-ring (bicyclic) bond motifs is 1. The average Bonchev–Trinajstić information content (AvgIpc) is 3.20. The molecule has 0 radical (unpaired) electrons. The standard InChI is InChI=1S/C28H24N4OS/c1-19-25-26(23-16-14-21(15-17-23)13-12-20-8-4-2-5-9-20)34-28(29)30-27(25)32(31-19)24(33)18-22-10-6-3-7-11-22/h2-17,26H,18H2,1H3,(H2,29,30)/b13-12-/t26-/m1/s1. The van der Waals surface area contributed by atoms with Gasteiger partial charge in [-0.1, -0.05) is 109 Å². The maximum absolute atomic E-state index is 13.1. The maximum atomic E-state index is 13.1. The van der Waals surface area contributed by atoms with Gasteiger partial charge >= 0.3 is 0 Å². The van der Waals surface area contributed by atoms with Crippen LogP contribution in [0.25, 0.3) is 12.2 Å². The number of amidine groups is 1. The van der Waals surface area contributed by atoms with Gasteiger partial charge in [-0.05, 0) is 29.2 Å². The van der Waals surface area contributed by atoms with E-state index >= 15 is 0 Å². The van der Waals surface area contributed by atoms with E-state index in [9.17, 15) is 4.79 Å². The maximum Gasteiger partial charge on any atom is 0.253 e. The van der Waals surface area contributed by atoms with Crippen LogP contribution in [0.1, 0.15) is 43.6 Å². The molecule has 2 N–H and O–H groups in total. The third-order valence-corrected chi connectivity index (χ3v) is 6.82. The highest BCUT2D eigenvalue weighted by atomic mass is 32.2. The zero-order valence-corrected chi connectivity index (χ0v) is 19.6. The van der Waals surface area contributed by atoms with Crippen molar-refractivity contribution in [2.24, 2.45) is 10.7 Å². The fraction of sp³-hybridized carbons (Fsp3) is 0.107. The van der Waals surface area contributed by atoms with Crippen LogP contribution >= 0.6 is 11.8 Å². The molecule has 0 saturated heterocycles. The number of aryl methyl sites for hydroxylation is 1. The Morgan fingerprint density at radius 2 is 1.56 bits per heavy atom. The summed E-state index contributed by atoms with van der Waals surface area (Å²) in [4.78, 5) is 17.6. The number of nitrogens with two attached hydrogens (primary N) is 1. The molecule has 1 aromatic heterocycles. The molecule has 5 rings (SSSR count). The Labute approximate surface area is 203 Å². The van der Waals surface area contributed by atoms with Gasteiger partial charge in [-0.2, -0.15) is 9.78 Å². The number of thioether (sulfide) groups is 1. The van der Waals surface area contributed by atoms with E-state index in [2.05, 4.69) is 58.6 Å². The summed E-state index contributed by atoms with van der Waals surface area (Å²) in [6.45, 7) is 1.92. The lowest BCUT2D eigenvalue weighted by molar-refractivity contribution is 0.0900. The highest BCUT2D eigenvalue weighted by Crippen LogP contribution is 2.46. The molecule has 0 fully saturated rings. The third kappa shape index (κ3) is 4.58. The molecule has 168 valence electrons. The lowest BCUT2D eigenvalue weighted by atomic mass is 10.0. The minimum atomic E-state index is -0.126. The second-order valence-electron chi connectivity index (χ2n) is 8.15. The van der Waals surface area contributed by atoms with Crippen LogP contribution in [0.3, 0.4) is 0 Å².